The van der Waals surface area contributed by atoms with E-state index in [0.717, 1.165) is 5.69 Å². The first-order valence-corrected chi connectivity index (χ1v) is 19.2. The van der Waals surface area contributed by atoms with Crippen LogP contribution in [-0.2, 0) is 10.8 Å². The number of hydrogen-bond donors (Lipinski definition) is 0. The fourth-order valence-electron chi connectivity index (χ4n) is 9.52. The molecular formula is C52H44N2. The van der Waals surface area contributed by atoms with E-state index in [1.54, 1.807) is 0 Å². The van der Waals surface area contributed by atoms with Gasteiger partial charge in [-0.2, -0.15) is 0 Å². The van der Waals surface area contributed by atoms with Crippen LogP contribution < -0.4 is 9.80 Å². The zero-order chi connectivity index (χ0) is 36.9. The normalized spacial score (nSPS) is 14.7. The van der Waals surface area contributed by atoms with Gasteiger partial charge in [0.2, 0.25) is 0 Å². The molecule has 0 atom stereocenters. The van der Waals surface area contributed by atoms with Gasteiger partial charge < -0.3 is 9.80 Å². The van der Waals surface area contributed by atoms with E-state index in [-0.39, 0.29) is 10.8 Å². The van der Waals surface area contributed by atoms with Gasteiger partial charge >= 0.3 is 0 Å². The average molecular weight is 697 g/mol. The summed E-state index contributed by atoms with van der Waals surface area (Å²) >= 11 is 0. The predicted octanol–water partition coefficient (Wildman–Crippen LogP) is 14.5. The van der Waals surface area contributed by atoms with Gasteiger partial charge in [0.05, 0.1) is 22.7 Å². The van der Waals surface area contributed by atoms with Crippen LogP contribution in [0.5, 0.6) is 0 Å². The van der Waals surface area contributed by atoms with Crippen molar-refractivity contribution < 1.29 is 0 Å². The highest BCUT2D eigenvalue weighted by molar-refractivity contribution is 6.01. The zero-order valence-corrected chi connectivity index (χ0v) is 31.9. The number of benzene rings is 8. The molecule has 54 heavy (non-hydrogen) atoms. The molecule has 2 heteroatoms. The number of nitrogens with zero attached hydrogens (tertiary/aromatic N) is 2. The maximum atomic E-state index is 2.54. The average Bonchev–Trinajstić information content (AvgIpc) is 3.17. The van der Waals surface area contributed by atoms with E-state index >= 15 is 0 Å². The van der Waals surface area contributed by atoms with Gasteiger partial charge in [0, 0.05) is 27.6 Å². The van der Waals surface area contributed by atoms with Gasteiger partial charge in [-0.15, -0.1) is 0 Å². The van der Waals surface area contributed by atoms with Gasteiger partial charge in [-0.05, 0) is 129 Å². The minimum absolute atomic E-state index is 0.0815. The Bertz CT molecular complexity index is 2800. The summed E-state index contributed by atoms with van der Waals surface area (Å²) in [7, 11) is 0. The summed E-state index contributed by atoms with van der Waals surface area (Å²) in [5.41, 5.74) is 17.7. The van der Waals surface area contributed by atoms with Crippen molar-refractivity contribution in [3.63, 3.8) is 0 Å². The maximum Gasteiger partial charge on any atom is 0.0543 e. The van der Waals surface area contributed by atoms with E-state index in [9.17, 15) is 0 Å². The van der Waals surface area contributed by atoms with E-state index < -0.39 is 0 Å². The van der Waals surface area contributed by atoms with E-state index in [4.69, 9.17) is 0 Å². The van der Waals surface area contributed by atoms with Gasteiger partial charge in [-0.3, -0.25) is 0 Å². The molecule has 0 N–H and O–H groups in total. The molecule has 0 unspecified atom stereocenters. The fraction of sp³-hybridized carbons (Fsp3) is 0.154. The second kappa shape index (κ2) is 11.7. The summed E-state index contributed by atoms with van der Waals surface area (Å²) in [5, 5.41) is 4.92. The van der Waals surface area contributed by atoms with Crippen LogP contribution in [0, 0.1) is 13.8 Å². The molecule has 2 aliphatic rings. The number of rotatable bonds is 4. The fourth-order valence-corrected chi connectivity index (χ4v) is 9.52. The first kappa shape index (κ1) is 32.5. The van der Waals surface area contributed by atoms with Crippen molar-refractivity contribution in [2.45, 2.75) is 52.4 Å². The van der Waals surface area contributed by atoms with Crippen molar-refractivity contribution in [2.24, 2.45) is 0 Å². The molecule has 0 spiro atoms. The molecule has 0 bridgehead atoms. The highest BCUT2D eigenvalue weighted by Crippen LogP contribution is 2.60. The second-order valence-corrected chi connectivity index (χ2v) is 16.5. The highest BCUT2D eigenvalue weighted by atomic mass is 15.2. The highest BCUT2D eigenvalue weighted by Gasteiger charge is 2.45. The Balaban J connectivity index is 1.08. The van der Waals surface area contributed by atoms with E-state index in [0.29, 0.717) is 0 Å². The number of fused-ring (bicyclic) bond motifs is 6. The molecule has 10 rings (SSSR count). The summed E-state index contributed by atoms with van der Waals surface area (Å²) in [6, 6.07) is 59.1. The van der Waals surface area contributed by atoms with Gasteiger partial charge in [-0.25, -0.2) is 0 Å². The first-order valence-electron chi connectivity index (χ1n) is 19.2. The number of hydrogen-bond acceptors (Lipinski definition) is 2. The Morgan fingerprint density at radius 2 is 1.02 bits per heavy atom. The molecule has 0 aliphatic carbocycles. The molecule has 0 aromatic heterocycles. The van der Waals surface area contributed by atoms with Crippen molar-refractivity contribution in [2.75, 3.05) is 9.80 Å². The van der Waals surface area contributed by atoms with Crippen molar-refractivity contribution in [1.29, 1.82) is 0 Å². The van der Waals surface area contributed by atoms with Crippen molar-refractivity contribution >= 4 is 55.7 Å². The summed E-state index contributed by atoms with van der Waals surface area (Å²) in [5.74, 6) is 0. The topological polar surface area (TPSA) is 6.48 Å². The van der Waals surface area contributed by atoms with Gasteiger partial charge in [0.25, 0.3) is 0 Å². The molecular weight excluding hydrogens is 653 g/mol. The van der Waals surface area contributed by atoms with Gasteiger partial charge in [0.15, 0.2) is 0 Å². The summed E-state index contributed by atoms with van der Waals surface area (Å²) in [4.78, 5) is 4.96. The SMILES string of the molecule is Cc1cc(C)cc(N(c2ccc3cc(-c4ccc5c(c4)C(C)(C)c4cccc6c4N5c4ccccc4C6(C)C)ccc3c2)c2cccc3ccccc23)c1. The van der Waals surface area contributed by atoms with Crippen LogP contribution in [0.3, 0.4) is 0 Å². The summed E-state index contributed by atoms with van der Waals surface area (Å²) in [6.07, 6.45) is 0. The van der Waals surface area contributed by atoms with Crippen LogP contribution in [0.4, 0.5) is 34.1 Å². The molecule has 0 radical (unpaired) electrons. The molecule has 2 aliphatic heterocycles. The first-order chi connectivity index (χ1) is 26.1. The molecule has 0 saturated heterocycles. The van der Waals surface area contributed by atoms with Crippen LogP contribution >= 0.6 is 0 Å². The lowest BCUT2D eigenvalue weighted by Crippen LogP contribution is -2.38. The third-order valence-corrected chi connectivity index (χ3v) is 12.2. The van der Waals surface area contributed by atoms with Crippen LogP contribution in [0.25, 0.3) is 32.7 Å². The van der Waals surface area contributed by atoms with E-state index in [1.807, 2.05) is 0 Å². The molecule has 8 aromatic rings. The lowest BCUT2D eigenvalue weighted by Gasteiger charge is -2.49. The summed E-state index contributed by atoms with van der Waals surface area (Å²) < 4.78 is 0. The second-order valence-electron chi connectivity index (χ2n) is 16.5. The molecule has 262 valence electrons. The number of para-hydroxylation sites is 2. The van der Waals surface area contributed by atoms with Crippen molar-refractivity contribution in [3.05, 3.63) is 191 Å². The van der Waals surface area contributed by atoms with E-state index in [2.05, 4.69) is 209 Å². The van der Waals surface area contributed by atoms with Crippen LogP contribution in [-0.4, -0.2) is 0 Å². The number of anilines is 6. The van der Waals surface area contributed by atoms with Gasteiger partial charge in [-0.1, -0.05) is 131 Å². The smallest absolute Gasteiger partial charge is 0.0543 e. The minimum Gasteiger partial charge on any atom is -0.310 e. The standard InChI is InChI=1S/C52H44N2/c1-33-27-34(2)29-41(28-33)53(47-20-11-14-35-13-7-8-15-42(35)47)40-25-23-37-30-36(21-22-38(37)31-40)39-24-26-49-46(32-39)52(5,6)45-18-12-17-44-50(45)54(49)48-19-10-9-16-43(48)51(44,3)4/h7-32H,1-6H3. The Morgan fingerprint density at radius 3 is 1.83 bits per heavy atom. The molecule has 2 heterocycles. The Morgan fingerprint density at radius 1 is 0.426 bits per heavy atom. The monoisotopic (exact) mass is 696 g/mol. The van der Waals surface area contributed by atoms with E-state index in [1.165, 1.54) is 94.5 Å². The third kappa shape index (κ3) is 4.79. The Labute approximate surface area is 319 Å². The predicted molar refractivity (Wildman–Crippen MR) is 230 cm³/mol. The largest absolute Gasteiger partial charge is 0.310 e. The lowest BCUT2D eigenvalue weighted by atomic mass is 9.66. The lowest BCUT2D eigenvalue weighted by molar-refractivity contribution is 0.597. The Kier molecular flexibility index (Phi) is 7.04. The summed E-state index contributed by atoms with van der Waals surface area (Å²) in [6.45, 7) is 13.9. The molecule has 0 amide bonds. The quantitative estimate of drug-likeness (QED) is 0.181. The Hall–Kier alpha value is -6.12. The van der Waals surface area contributed by atoms with Crippen LogP contribution in [0.15, 0.2) is 158 Å². The van der Waals surface area contributed by atoms with Gasteiger partial charge in [0.1, 0.15) is 0 Å². The molecule has 0 fully saturated rings. The zero-order valence-electron chi connectivity index (χ0n) is 31.9. The van der Waals surface area contributed by atoms with Crippen LogP contribution in [0.1, 0.15) is 61.1 Å². The molecule has 8 aromatic carbocycles. The van der Waals surface area contributed by atoms with Crippen molar-refractivity contribution in [3.8, 4) is 11.1 Å². The van der Waals surface area contributed by atoms with Crippen LogP contribution in [0.2, 0.25) is 0 Å². The van der Waals surface area contributed by atoms with Crippen molar-refractivity contribution in [1.82, 2.24) is 0 Å². The molecule has 0 saturated carbocycles. The molecule has 2 nitrogen and oxygen atoms in total. The maximum absolute atomic E-state index is 2.54. The number of aryl methyl sites for hydroxylation is 2. The minimum atomic E-state index is -0.166. The third-order valence-electron chi connectivity index (χ3n) is 12.2.